The fourth-order valence-electron chi connectivity index (χ4n) is 4.71. The summed E-state index contributed by atoms with van der Waals surface area (Å²) in [7, 11) is 0. The van der Waals surface area contributed by atoms with Gasteiger partial charge in [0.25, 0.3) is 0 Å². The van der Waals surface area contributed by atoms with E-state index < -0.39 is 23.5 Å². The summed E-state index contributed by atoms with van der Waals surface area (Å²) in [5, 5.41) is 38.8. The molecule has 0 heterocycles. The number of rotatable bonds is 14. The predicted molar refractivity (Wildman–Crippen MR) is 219 cm³/mol. The molecule has 0 aliphatic heterocycles. The maximum Gasteiger partial charge on any atom is 0.373 e. The van der Waals surface area contributed by atoms with Crippen molar-refractivity contribution in [3.05, 3.63) is 124 Å². The molecular weight excluding hydrogens is 732 g/mol. The van der Waals surface area contributed by atoms with Crippen molar-refractivity contribution in [2.45, 2.75) is 75.2 Å². The van der Waals surface area contributed by atoms with Crippen LogP contribution in [0.15, 0.2) is 90.2 Å². The molecule has 0 aliphatic rings. The van der Waals surface area contributed by atoms with Crippen LogP contribution in [0.3, 0.4) is 0 Å². The van der Waals surface area contributed by atoms with E-state index in [1.807, 2.05) is 6.92 Å². The molecule has 0 fully saturated rings. The zero-order chi connectivity index (χ0) is 43.0. The van der Waals surface area contributed by atoms with Crippen molar-refractivity contribution in [3.63, 3.8) is 0 Å². The highest BCUT2D eigenvalue weighted by Crippen LogP contribution is 2.22. The molecule has 306 valence electrons. The minimum atomic E-state index is -1.06. The van der Waals surface area contributed by atoms with E-state index in [-0.39, 0.29) is 54.5 Å². The van der Waals surface area contributed by atoms with Gasteiger partial charge in [-0.1, -0.05) is 51.6 Å². The average Bonchev–Trinajstić information content (AvgIpc) is 3.14. The number of aliphatic hydroxyl groups is 1. The molecule has 0 aliphatic carbocycles. The van der Waals surface area contributed by atoms with Gasteiger partial charge in [-0.25, -0.2) is 4.79 Å². The van der Waals surface area contributed by atoms with Crippen LogP contribution in [0.5, 0.6) is 17.2 Å². The number of ether oxygens (including phenoxy) is 1. The van der Waals surface area contributed by atoms with Crippen molar-refractivity contribution < 1.29 is 58.7 Å². The molecule has 57 heavy (non-hydrogen) atoms. The van der Waals surface area contributed by atoms with E-state index in [1.54, 1.807) is 88.4 Å². The van der Waals surface area contributed by atoms with Crippen molar-refractivity contribution in [1.82, 2.24) is 0 Å². The van der Waals surface area contributed by atoms with Crippen molar-refractivity contribution in [1.29, 1.82) is 0 Å². The topological polar surface area (TPSA) is 210 Å². The highest BCUT2D eigenvalue weighted by atomic mass is 16.5. The van der Waals surface area contributed by atoms with E-state index in [0.29, 0.717) is 17.6 Å². The molecule has 12 heteroatoms. The maximum absolute atomic E-state index is 12.7. The first-order valence-electron chi connectivity index (χ1n) is 17.4. The van der Waals surface area contributed by atoms with Gasteiger partial charge >= 0.3 is 12.1 Å². The Labute approximate surface area is 334 Å². The Morgan fingerprint density at radius 1 is 0.754 bits per heavy atom. The van der Waals surface area contributed by atoms with Crippen LogP contribution in [0.4, 0.5) is 0 Å². The van der Waals surface area contributed by atoms with Gasteiger partial charge in [-0.15, -0.1) is 0 Å². The molecule has 3 aromatic rings. The Kier molecular flexibility index (Phi) is 25.6. The molecule has 3 aromatic carbocycles. The molecule has 12 nitrogen and oxygen atoms in total. The lowest BCUT2D eigenvalue weighted by molar-refractivity contribution is -0.191. The highest BCUT2D eigenvalue weighted by Gasteiger charge is 2.28. The van der Waals surface area contributed by atoms with Gasteiger partial charge in [0, 0.05) is 16.7 Å². The largest absolute Gasteiger partial charge is 0.508 e. The van der Waals surface area contributed by atoms with Crippen LogP contribution < -0.4 is 0 Å². The van der Waals surface area contributed by atoms with Gasteiger partial charge in [-0.2, -0.15) is 9.59 Å². The first-order chi connectivity index (χ1) is 26.4. The summed E-state index contributed by atoms with van der Waals surface area (Å²) in [6.45, 7) is 15.1. The third-order valence-corrected chi connectivity index (χ3v) is 7.75. The van der Waals surface area contributed by atoms with Gasteiger partial charge in [0.2, 0.25) is 0 Å². The molecule has 0 aromatic heterocycles. The SMILES string of the molecule is C.C=C(C(=O)OCC)C(C(C)=O)C(C)=O.CCCCC(C(=O)/C=C/c1ccc(O)c(C)c1)=C(O)/C=C/c1ccc(O)c(C)c1.Cc1cc(C=O)ccc1O.O=C=O. The molecule has 0 radical (unpaired) electrons. The lowest BCUT2D eigenvalue weighted by atomic mass is 9.93. The normalized spacial score (nSPS) is 10.5. The number of ketones is 3. The molecule has 3 rings (SSSR count). The minimum absolute atomic E-state index is 0. The van der Waals surface area contributed by atoms with Crippen molar-refractivity contribution in [3.8, 4) is 17.2 Å². The fraction of sp³-hybridized carbons (Fsp3) is 0.289. The Hall–Kier alpha value is -6.65. The summed E-state index contributed by atoms with van der Waals surface area (Å²) in [6.07, 6.45) is 9.56. The number of allylic oxidation sites excluding steroid dienone is 3. The summed E-state index contributed by atoms with van der Waals surface area (Å²) < 4.78 is 4.64. The predicted octanol–water partition coefficient (Wildman–Crippen LogP) is 8.48. The summed E-state index contributed by atoms with van der Waals surface area (Å²) in [5.41, 5.74) is 4.70. The lowest BCUT2D eigenvalue weighted by Crippen LogP contribution is -2.26. The summed E-state index contributed by atoms with van der Waals surface area (Å²) in [4.78, 5) is 72.4. The third-order valence-electron chi connectivity index (χ3n) is 7.75. The second-order valence-electron chi connectivity index (χ2n) is 12.2. The van der Waals surface area contributed by atoms with E-state index in [0.717, 1.165) is 46.9 Å². The van der Waals surface area contributed by atoms with E-state index in [1.165, 1.54) is 32.1 Å². The minimum Gasteiger partial charge on any atom is -0.508 e. The number of carbonyl (C=O) groups is 5. The van der Waals surface area contributed by atoms with Crippen LogP contribution in [0, 0.1) is 26.7 Å². The van der Waals surface area contributed by atoms with Crippen LogP contribution in [0.25, 0.3) is 12.2 Å². The van der Waals surface area contributed by atoms with Crippen LogP contribution >= 0.6 is 0 Å². The molecular formula is C45H54O12. The van der Waals surface area contributed by atoms with Gasteiger partial charge in [-0.05, 0) is 137 Å². The zero-order valence-electron chi connectivity index (χ0n) is 32.8. The highest BCUT2D eigenvalue weighted by molar-refractivity contribution is 6.10. The molecule has 4 N–H and O–H groups in total. The molecule has 0 unspecified atom stereocenters. The molecule has 0 saturated carbocycles. The number of hydrogen-bond acceptors (Lipinski definition) is 12. The molecule has 0 amide bonds. The Morgan fingerprint density at radius 3 is 1.53 bits per heavy atom. The number of unbranched alkanes of at least 4 members (excludes halogenated alkanes) is 1. The van der Waals surface area contributed by atoms with Gasteiger partial charge in [0.15, 0.2) is 5.78 Å². The molecule has 0 bridgehead atoms. The first kappa shape index (κ1) is 52.5. The quantitative estimate of drug-likeness (QED) is 0.0303. The van der Waals surface area contributed by atoms with Crippen molar-refractivity contribution >= 4 is 47.9 Å². The number of hydrogen-bond donors (Lipinski definition) is 4. The Morgan fingerprint density at radius 2 is 1.16 bits per heavy atom. The van der Waals surface area contributed by atoms with Gasteiger partial charge < -0.3 is 25.2 Å². The van der Waals surface area contributed by atoms with Crippen LogP contribution in [-0.2, 0) is 33.5 Å². The number of aldehydes is 1. The third kappa shape index (κ3) is 19.5. The summed E-state index contributed by atoms with van der Waals surface area (Å²) in [5.74, 6) is -2.18. The zero-order valence-corrected chi connectivity index (χ0v) is 32.8. The van der Waals surface area contributed by atoms with Crippen molar-refractivity contribution in [2.75, 3.05) is 6.61 Å². The summed E-state index contributed by atoms with van der Waals surface area (Å²) in [6, 6.07) is 15.0. The number of esters is 1. The lowest BCUT2D eigenvalue weighted by Gasteiger charge is -2.11. The number of benzene rings is 3. The maximum atomic E-state index is 12.7. The van der Waals surface area contributed by atoms with E-state index in [2.05, 4.69) is 11.3 Å². The average molecular weight is 787 g/mol. The standard InChI is InChI=1S/C25H28O4.C10H14O4.C8H8O2.CO2.CH4/c1-4-5-6-21(24(28)13-9-19-7-11-22(26)17(2)15-19)25(29)14-10-20-8-12-23(27)18(3)16-20;1-5-14-10(13)6(2)9(7(3)11)8(4)12;1-6-4-7(5-9)2-3-8(6)10;2-1-3;/h7-16,26-28H,4-6H2,1-3H3;9H,2,5H2,1,3-4H3;2-5,10H,1H3;;1H4/b13-9+,14-10+,24-21?;;;;. The number of aliphatic hydroxyl groups excluding tert-OH is 1. The van der Waals surface area contributed by atoms with Gasteiger partial charge in [0.1, 0.15) is 46.8 Å². The number of aromatic hydroxyl groups is 3. The van der Waals surface area contributed by atoms with Crippen molar-refractivity contribution in [2.24, 2.45) is 5.92 Å². The van der Waals surface area contributed by atoms with E-state index in [9.17, 15) is 39.3 Å². The Balaban J connectivity index is 0. The number of aryl methyl sites for hydroxylation is 3. The number of phenolic OH excluding ortho intramolecular Hbond substituents is 3. The number of Topliss-reactive ketones (excluding diaryl/α,β-unsaturated/α-hetero) is 2. The first-order valence-corrected chi connectivity index (χ1v) is 17.4. The van der Waals surface area contributed by atoms with Gasteiger partial charge in [0.05, 0.1) is 6.61 Å². The summed E-state index contributed by atoms with van der Waals surface area (Å²) >= 11 is 0. The smallest absolute Gasteiger partial charge is 0.373 e. The van der Waals surface area contributed by atoms with Crippen LogP contribution in [-0.4, -0.2) is 62.8 Å². The van der Waals surface area contributed by atoms with Crippen LogP contribution in [0.1, 0.15) is 92.6 Å². The molecule has 0 saturated heterocycles. The second-order valence-corrected chi connectivity index (χ2v) is 12.2. The second kappa shape index (κ2) is 27.9. The monoisotopic (exact) mass is 786 g/mol. The van der Waals surface area contributed by atoms with E-state index >= 15 is 0 Å². The van der Waals surface area contributed by atoms with Gasteiger partial charge in [-0.3, -0.25) is 19.2 Å². The number of carbonyl (C=O) groups excluding carboxylic acids is 7. The molecule has 0 atom stereocenters. The molecule has 0 spiro atoms. The Bertz CT molecular complexity index is 1960. The van der Waals surface area contributed by atoms with E-state index in [4.69, 9.17) is 14.7 Å². The van der Waals surface area contributed by atoms with Crippen LogP contribution in [0.2, 0.25) is 0 Å². The number of phenols is 3. The fourth-order valence-corrected chi connectivity index (χ4v) is 4.71.